The summed E-state index contributed by atoms with van der Waals surface area (Å²) in [5.41, 5.74) is 2.73. The molecule has 0 aromatic heterocycles. The summed E-state index contributed by atoms with van der Waals surface area (Å²) in [6.45, 7) is 3.41. The van der Waals surface area contributed by atoms with Gasteiger partial charge in [0.2, 0.25) is 11.8 Å². The fourth-order valence-electron chi connectivity index (χ4n) is 2.40. The molecule has 1 aliphatic heterocycles. The number of aryl methyl sites for hydroxylation is 1. The van der Waals surface area contributed by atoms with E-state index in [9.17, 15) is 9.59 Å². The van der Waals surface area contributed by atoms with Gasteiger partial charge in [-0.1, -0.05) is 0 Å². The summed E-state index contributed by atoms with van der Waals surface area (Å²) in [6, 6.07) is 5.68. The van der Waals surface area contributed by atoms with Crippen molar-refractivity contribution in [2.24, 2.45) is 0 Å². The summed E-state index contributed by atoms with van der Waals surface area (Å²) in [5, 5.41) is 5.81. The number of rotatable bonds is 5. The summed E-state index contributed by atoms with van der Waals surface area (Å²) >= 11 is 0. The van der Waals surface area contributed by atoms with Gasteiger partial charge in [0.25, 0.3) is 0 Å². The summed E-state index contributed by atoms with van der Waals surface area (Å²) in [5.74, 6) is 0.169. The molecule has 0 unspecified atom stereocenters. The van der Waals surface area contributed by atoms with Crippen molar-refractivity contribution in [2.75, 3.05) is 30.4 Å². The van der Waals surface area contributed by atoms with Gasteiger partial charge in [-0.3, -0.25) is 9.59 Å². The van der Waals surface area contributed by atoms with E-state index in [2.05, 4.69) is 10.6 Å². The molecule has 1 aromatic rings. The zero-order chi connectivity index (χ0) is 14.5. The molecule has 1 fully saturated rings. The Hall–Kier alpha value is -1.88. The molecule has 2 N–H and O–H groups in total. The molecular weight excluding hydrogens is 254 g/mol. The average molecular weight is 275 g/mol. The highest BCUT2D eigenvalue weighted by atomic mass is 16.2. The van der Waals surface area contributed by atoms with E-state index in [1.807, 2.05) is 37.1 Å². The highest BCUT2D eigenvalue weighted by Crippen LogP contribution is 2.27. The molecule has 0 radical (unpaired) electrons. The molecule has 20 heavy (non-hydrogen) atoms. The molecular formula is C15H21N3O2. The third kappa shape index (κ3) is 3.36. The van der Waals surface area contributed by atoms with E-state index in [0.717, 1.165) is 29.9 Å². The van der Waals surface area contributed by atoms with E-state index in [1.54, 1.807) is 0 Å². The molecule has 0 atom stereocenters. The number of anilines is 2. The second kappa shape index (κ2) is 6.52. The SMILES string of the molecule is CNCCC(=O)Nc1ccc(N2CCCC2=O)c(C)c1. The van der Waals surface area contributed by atoms with E-state index < -0.39 is 0 Å². The van der Waals surface area contributed by atoms with E-state index >= 15 is 0 Å². The average Bonchev–Trinajstić information content (AvgIpc) is 2.83. The molecule has 1 aromatic carbocycles. The van der Waals surface area contributed by atoms with Crippen molar-refractivity contribution < 1.29 is 9.59 Å². The monoisotopic (exact) mass is 275 g/mol. The van der Waals surface area contributed by atoms with Crippen molar-refractivity contribution in [3.8, 4) is 0 Å². The standard InChI is InChI=1S/C15H21N3O2/c1-11-10-12(17-14(19)7-8-16-2)5-6-13(11)18-9-3-4-15(18)20/h5-6,10,16H,3-4,7-9H2,1-2H3,(H,17,19). The maximum atomic E-state index is 11.8. The minimum absolute atomic E-state index is 0.0104. The summed E-state index contributed by atoms with van der Waals surface area (Å²) < 4.78 is 0. The Morgan fingerprint density at radius 3 is 2.80 bits per heavy atom. The van der Waals surface area contributed by atoms with Crippen LogP contribution in [0, 0.1) is 6.92 Å². The molecule has 0 aliphatic carbocycles. The van der Waals surface area contributed by atoms with Gasteiger partial charge in [0, 0.05) is 37.3 Å². The molecule has 108 valence electrons. The van der Waals surface area contributed by atoms with Crippen molar-refractivity contribution in [2.45, 2.75) is 26.2 Å². The maximum absolute atomic E-state index is 11.8. The first-order valence-corrected chi connectivity index (χ1v) is 6.97. The van der Waals surface area contributed by atoms with E-state index in [4.69, 9.17) is 0 Å². The molecule has 0 saturated carbocycles. The second-order valence-corrected chi connectivity index (χ2v) is 5.05. The van der Waals surface area contributed by atoms with Gasteiger partial charge in [0.05, 0.1) is 0 Å². The number of carbonyl (C=O) groups is 2. The lowest BCUT2D eigenvalue weighted by molar-refractivity contribution is -0.117. The van der Waals surface area contributed by atoms with Gasteiger partial charge in [-0.15, -0.1) is 0 Å². The summed E-state index contributed by atoms with van der Waals surface area (Å²) in [7, 11) is 1.82. The van der Waals surface area contributed by atoms with Crippen LogP contribution >= 0.6 is 0 Å². The van der Waals surface area contributed by atoms with Crippen LogP contribution < -0.4 is 15.5 Å². The van der Waals surface area contributed by atoms with Gasteiger partial charge in [-0.05, 0) is 44.2 Å². The molecule has 0 spiro atoms. The number of hydrogen-bond donors (Lipinski definition) is 2. The lowest BCUT2D eigenvalue weighted by atomic mass is 10.1. The number of benzene rings is 1. The van der Waals surface area contributed by atoms with Gasteiger partial charge < -0.3 is 15.5 Å². The Bertz CT molecular complexity index is 514. The van der Waals surface area contributed by atoms with Crippen LogP contribution in [-0.4, -0.2) is 32.0 Å². The van der Waals surface area contributed by atoms with E-state index in [-0.39, 0.29) is 11.8 Å². The van der Waals surface area contributed by atoms with Gasteiger partial charge in [-0.25, -0.2) is 0 Å². The summed E-state index contributed by atoms with van der Waals surface area (Å²) in [4.78, 5) is 25.2. The van der Waals surface area contributed by atoms with Crippen LogP contribution in [-0.2, 0) is 9.59 Å². The van der Waals surface area contributed by atoms with Crippen LogP contribution in [0.25, 0.3) is 0 Å². The second-order valence-electron chi connectivity index (χ2n) is 5.05. The third-order valence-corrected chi connectivity index (χ3v) is 3.45. The van der Waals surface area contributed by atoms with Crippen LogP contribution in [0.2, 0.25) is 0 Å². The first-order valence-electron chi connectivity index (χ1n) is 6.97. The smallest absolute Gasteiger partial charge is 0.227 e. The first-order chi connectivity index (χ1) is 9.61. The largest absolute Gasteiger partial charge is 0.326 e. The van der Waals surface area contributed by atoms with Crippen molar-refractivity contribution in [3.63, 3.8) is 0 Å². The number of hydrogen-bond acceptors (Lipinski definition) is 3. The van der Waals surface area contributed by atoms with Crippen LogP contribution in [0.4, 0.5) is 11.4 Å². The number of amides is 2. The molecule has 2 amide bonds. The minimum atomic E-state index is -0.0104. The van der Waals surface area contributed by atoms with Crippen LogP contribution in [0.1, 0.15) is 24.8 Å². The number of nitrogens with zero attached hydrogens (tertiary/aromatic N) is 1. The molecule has 5 nitrogen and oxygen atoms in total. The van der Waals surface area contributed by atoms with Gasteiger partial charge in [0.15, 0.2) is 0 Å². The maximum Gasteiger partial charge on any atom is 0.227 e. The quantitative estimate of drug-likeness (QED) is 0.859. The molecule has 1 aliphatic rings. The summed E-state index contributed by atoms with van der Waals surface area (Å²) in [6.07, 6.45) is 1.99. The van der Waals surface area contributed by atoms with Gasteiger partial charge in [0.1, 0.15) is 0 Å². The molecule has 2 rings (SSSR count). The Morgan fingerprint density at radius 1 is 1.40 bits per heavy atom. The Kier molecular flexibility index (Phi) is 4.74. The van der Waals surface area contributed by atoms with Gasteiger partial charge in [-0.2, -0.15) is 0 Å². The predicted octanol–water partition coefficient (Wildman–Crippen LogP) is 1.67. The minimum Gasteiger partial charge on any atom is -0.326 e. The number of nitrogens with one attached hydrogen (secondary N) is 2. The normalized spacial score (nSPS) is 14.7. The van der Waals surface area contributed by atoms with Crippen LogP contribution in [0.5, 0.6) is 0 Å². The van der Waals surface area contributed by atoms with Gasteiger partial charge >= 0.3 is 0 Å². The Labute approximate surface area is 119 Å². The van der Waals surface area contributed by atoms with Crippen molar-refractivity contribution >= 4 is 23.2 Å². The predicted molar refractivity (Wildman–Crippen MR) is 79.9 cm³/mol. The topological polar surface area (TPSA) is 61.4 Å². The molecule has 0 bridgehead atoms. The fourth-order valence-corrected chi connectivity index (χ4v) is 2.40. The van der Waals surface area contributed by atoms with Crippen molar-refractivity contribution in [1.29, 1.82) is 0 Å². The third-order valence-electron chi connectivity index (χ3n) is 3.45. The lowest BCUT2D eigenvalue weighted by Gasteiger charge is -2.19. The van der Waals surface area contributed by atoms with E-state index in [1.165, 1.54) is 0 Å². The Balaban J connectivity index is 2.06. The molecule has 1 saturated heterocycles. The zero-order valence-corrected chi connectivity index (χ0v) is 12.0. The van der Waals surface area contributed by atoms with Crippen LogP contribution in [0.3, 0.4) is 0 Å². The van der Waals surface area contributed by atoms with Crippen molar-refractivity contribution in [3.05, 3.63) is 23.8 Å². The highest BCUT2D eigenvalue weighted by molar-refractivity contribution is 5.97. The zero-order valence-electron chi connectivity index (χ0n) is 12.0. The number of carbonyl (C=O) groups excluding carboxylic acids is 2. The van der Waals surface area contributed by atoms with Crippen LogP contribution in [0.15, 0.2) is 18.2 Å². The fraction of sp³-hybridized carbons (Fsp3) is 0.467. The highest BCUT2D eigenvalue weighted by Gasteiger charge is 2.22. The Morgan fingerprint density at radius 2 is 2.20 bits per heavy atom. The first kappa shape index (κ1) is 14.5. The molecule has 1 heterocycles. The van der Waals surface area contributed by atoms with Crippen molar-refractivity contribution in [1.82, 2.24) is 5.32 Å². The lowest BCUT2D eigenvalue weighted by Crippen LogP contribution is -2.24. The van der Waals surface area contributed by atoms with E-state index in [0.29, 0.717) is 19.4 Å². The molecule has 5 heteroatoms.